The van der Waals surface area contributed by atoms with Gasteiger partial charge in [0.25, 0.3) is 0 Å². The summed E-state index contributed by atoms with van der Waals surface area (Å²) in [6.45, 7) is -0.372. The Hall–Kier alpha value is -2.76. The molecular formula is C17H14FNO4. The Kier molecular flexibility index (Phi) is 4.06. The third kappa shape index (κ3) is 3.21. The van der Waals surface area contributed by atoms with E-state index in [0.717, 1.165) is 43.0 Å². The zero-order chi connectivity index (χ0) is 16.4. The molecule has 0 bridgehead atoms. The number of rotatable bonds is 5. The first-order valence-corrected chi connectivity index (χ1v) is 7.26. The molecule has 0 aliphatic heterocycles. The van der Waals surface area contributed by atoms with Crippen LogP contribution in [0.4, 0.5) is 10.1 Å². The summed E-state index contributed by atoms with van der Waals surface area (Å²) < 4.78 is 18.4. The van der Waals surface area contributed by atoms with Crippen molar-refractivity contribution in [1.29, 1.82) is 0 Å². The zero-order valence-electron chi connectivity index (χ0n) is 12.3. The van der Waals surface area contributed by atoms with Crippen molar-refractivity contribution in [3.8, 4) is 5.75 Å². The van der Waals surface area contributed by atoms with Gasteiger partial charge in [0.2, 0.25) is 0 Å². The Bertz CT molecular complexity index is 788. The Labute approximate surface area is 131 Å². The number of hydrogen-bond donors (Lipinski definition) is 0. The third-order valence-corrected chi connectivity index (χ3v) is 3.90. The maximum Gasteiger partial charge on any atom is 0.311 e. The van der Waals surface area contributed by atoms with Gasteiger partial charge in [0, 0.05) is 17.7 Å². The Morgan fingerprint density at radius 3 is 2.74 bits per heavy atom. The predicted molar refractivity (Wildman–Crippen MR) is 81.3 cm³/mol. The van der Waals surface area contributed by atoms with Gasteiger partial charge in [-0.15, -0.1) is 0 Å². The Balaban J connectivity index is 1.74. The molecule has 0 N–H and O–H groups in total. The van der Waals surface area contributed by atoms with Gasteiger partial charge in [-0.3, -0.25) is 14.9 Å². The van der Waals surface area contributed by atoms with E-state index in [9.17, 15) is 19.3 Å². The number of Topliss-reactive ketones (excluding diaryl/α,β-unsaturated/α-hetero) is 1. The SMILES string of the molecule is O=C(COc1cc(F)ccc1[N+](=O)[O-])c1ccc2c(c1)CCC2. The minimum atomic E-state index is -0.672. The average Bonchev–Trinajstić information content (AvgIpc) is 2.99. The van der Waals surface area contributed by atoms with E-state index in [1.807, 2.05) is 12.1 Å². The van der Waals surface area contributed by atoms with Gasteiger partial charge in [0.1, 0.15) is 5.82 Å². The highest BCUT2D eigenvalue weighted by Gasteiger charge is 2.18. The van der Waals surface area contributed by atoms with E-state index in [1.54, 1.807) is 6.07 Å². The first-order chi connectivity index (χ1) is 11.0. The Morgan fingerprint density at radius 2 is 1.96 bits per heavy atom. The number of nitro groups is 1. The summed E-state index contributed by atoms with van der Waals surface area (Å²) in [5.41, 5.74) is 2.55. The molecule has 2 aromatic carbocycles. The highest BCUT2D eigenvalue weighted by atomic mass is 19.1. The smallest absolute Gasteiger partial charge is 0.311 e. The lowest BCUT2D eigenvalue weighted by molar-refractivity contribution is -0.385. The molecule has 118 valence electrons. The molecule has 5 nitrogen and oxygen atoms in total. The fraction of sp³-hybridized carbons (Fsp3) is 0.235. The minimum absolute atomic E-state index is 0.246. The lowest BCUT2D eigenvalue weighted by atomic mass is 10.0. The van der Waals surface area contributed by atoms with Crippen molar-refractivity contribution in [1.82, 2.24) is 0 Å². The molecule has 6 heteroatoms. The second-order valence-corrected chi connectivity index (χ2v) is 5.42. The normalized spacial score (nSPS) is 12.7. The van der Waals surface area contributed by atoms with Crippen LogP contribution in [0.3, 0.4) is 0 Å². The van der Waals surface area contributed by atoms with Crippen molar-refractivity contribution in [2.45, 2.75) is 19.3 Å². The maximum atomic E-state index is 13.2. The first-order valence-electron chi connectivity index (χ1n) is 7.26. The van der Waals surface area contributed by atoms with Crippen LogP contribution in [-0.4, -0.2) is 17.3 Å². The number of carbonyl (C=O) groups excluding carboxylic acids is 1. The van der Waals surface area contributed by atoms with Crippen LogP contribution in [0.1, 0.15) is 27.9 Å². The molecule has 0 amide bonds. The standard InChI is InChI=1S/C17H14FNO4/c18-14-6-7-15(19(21)22)17(9-14)23-10-16(20)13-5-4-11-2-1-3-12(11)8-13/h4-9H,1-3,10H2. The molecule has 3 rings (SSSR count). The molecule has 0 radical (unpaired) electrons. The minimum Gasteiger partial charge on any atom is -0.478 e. The summed E-state index contributed by atoms with van der Waals surface area (Å²) in [5, 5.41) is 10.9. The molecule has 2 aromatic rings. The predicted octanol–water partition coefficient (Wildman–Crippen LogP) is 3.48. The molecule has 0 aromatic heterocycles. The lowest BCUT2D eigenvalue weighted by Crippen LogP contribution is -2.13. The van der Waals surface area contributed by atoms with Crippen molar-refractivity contribution < 1.29 is 18.8 Å². The van der Waals surface area contributed by atoms with Crippen LogP contribution in [-0.2, 0) is 12.8 Å². The summed E-state index contributed by atoms with van der Waals surface area (Å²) in [7, 11) is 0. The number of nitro benzene ring substituents is 1. The molecular weight excluding hydrogens is 301 g/mol. The number of aryl methyl sites for hydroxylation is 2. The number of nitrogens with zero attached hydrogens (tertiary/aromatic N) is 1. The van der Waals surface area contributed by atoms with Crippen molar-refractivity contribution in [2.75, 3.05) is 6.61 Å². The number of ketones is 1. The Morgan fingerprint density at radius 1 is 1.17 bits per heavy atom. The highest BCUT2D eigenvalue weighted by molar-refractivity contribution is 5.97. The van der Waals surface area contributed by atoms with Crippen molar-refractivity contribution >= 4 is 11.5 Å². The summed E-state index contributed by atoms with van der Waals surface area (Å²) >= 11 is 0. The summed E-state index contributed by atoms with van der Waals surface area (Å²) in [5.74, 6) is -1.20. The fourth-order valence-electron chi connectivity index (χ4n) is 2.73. The third-order valence-electron chi connectivity index (χ3n) is 3.90. The summed E-state index contributed by atoms with van der Waals surface area (Å²) in [4.78, 5) is 22.4. The lowest BCUT2D eigenvalue weighted by Gasteiger charge is -2.07. The molecule has 0 saturated carbocycles. The van der Waals surface area contributed by atoms with E-state index in [-0.39, 0.29) is 23.8 Å². The largest absolute Gasteiger partial charge is 0.478 e. The van der Waals surface area contributed by atoms with E-state index < -0.39 is 10.7 Å². The fourth-order valence-corrected chi connectivity index (χ4v) is 2.73. The molecule has 1 aliphatic carbocycles. The number of fused-ring (bicyclic) bond motifs is 1. The first kappa shape index (κ1) is 15.1. The number of carbonyl (C=O) groups is 1. The van der Waals surface area contributed by atoms with Gasteiger partial charge in [-0.2, -0.15) is 0 Å². The number of hydrogen-bond acceptors (Lipinski definition) is 4. The van der Waals surface area contributed by atoms with Gasteiger partial charge < -0.3 is 4.74 Å². The van der Waals surface area contributed by atoms with Gasteiger partial charge in [0.15, 0.2) is 18.1 Å². The number of ether oxygens (including phenoxy) is 1. The van der Waals surface area contributed by atoms with Crippen LogP contribution in [0, 0.1) is 15.9 Å². The summed E-state index contributed by atoms with van der Waals surface area (Å²) in [6, 6.07) is 8.41. The topological polar surface area (TPSA) is 69.4 Å². The van der Waals surface area contributed by atoms with Crippen LogP contribution in [0.25, 0.3) is 0 Å². The van der Waals surface area contributed by atoms with Crippen LogP contribution >= 0.6 is 0 Å². The van der Waals surface area contributed by atoms with Crippen molar-refractivity contribution in [3.05, 3.63) is 69.0 Å². The molecule has 0 atom stereocenters. The molecule has 23 heavy (non-hydrogen) atoms. The molecule has 0 fully saturated rings. The monoisotopic (exact) mass is 315 g/mol. The van der Waals surface area contributed by atoms with Gasteiger partial charge in [0.05, 0.1) is 4.92 Å². The van der Waals surface area contributed by atoms with Crippen molar-refractivity contribution in [3.63, 3.8) is 0 Å². The van der Waals surface area contributed by atoms with Crippen LogP contribution in [0.5, 0.6) is 5.75 Å². The van der Waals surface area contributed by atoms with Crippen molar-refractivity contribution in [2.24, 2.45) is 0 Å². The van der Waals surface area contributed by atoms with Gasteiger partial charge in [-0.1, -0.05) is 12.1 Å². The van der Waals surface area contributed by atoms with E-state index in [4.69, 9.17) is 4.74 Å². The zero-order valence-corrected chi connectivity index (χ0v) is 12.3. The quantitative estimate of drug-likeness (QED) is 0.481. The van der Waals surface area contributed by atoms with Crippen LogP contribution in [0.15, 0.2) is 36.4 Å². The van der Waals surface area contributed by atoms with E-state index in [0.29, 0.717) is 5.56 Å². The van der Waals surface area contributed by atoms with E-state index in [2.05, 4.69) is 0 Å². The molecule has 0 heterocycles. The summed E-state index contributed by atoms with van der Waals surface area (Å²) in [6.07, 6.45) is 3.06. The maximum absolute atomic E-state index is 13.2. The van der Waals surface area contributed by atoms with E-state index in [1.165, 1.54) is 5.56 Å². The van der Waals surface area contributed by atoms with Crippen LogP contribution < -0.4 is 4.74 Å². The highest BCUT2D eigenvalue weighted by Crippen LogP contribution is 2.28. The molecule has 0 unspecified atom stereocenters. The van der Waals surface area contributed by atoms with Gasteiger partial charge >= 0.3 is 5.69 Å². The molecule has 1 aliphatic rings. The number of benzene rings is 2. The molecule has 0 spiro atoms. The average molecular weight is 315 g/mol. The van der Waals surface area contributed by atoms with Crippen LogP contribution in [0.2, 0.25) is 0 Å². The molecule has 0 saturated heterocycles. The van der Waals surface area contributed by atoms with Gasteiger partial charge in [-0.05, 0) is 42.5 Å². The second kappa shape index (κ2) is 6.16. The van der Waals surface area contributed by atoms with E-state index >= 15 is 0 Å². The number of halogens is 1. The second-order valence-electron chi connectivity index (χ2n) is 5.42. The van der Waals surface area contributed by atoms with Gasteiger partial charge in [-0.25, -0.2) is 4.39 Å².